The second-order valence-electron chi connectivity index (χ2n) is 5.62. The van der Waals surface area contributed by atoms with E-state index in [-0.39, 0.29) is 11.4 Å². The van der Waals surface area contributed by atoms with Crippen molar-refractivity contribution in [1.29, 1.82) is 0 Å². The smallest absolute Gasteiger partial charge is 0.243 e. The second-order valence-corrected chi connectivity index (χ2v) is 8.55. The van der Waals surface area contributed by atoms with E-state index < -0.39 is 10.0 Å². The largest absolute Gasteiger partial charge is 0.497 e. The number of hydrogen-bond donors (Lipinski definition) is 0. The molecule has 0 saturated carbocycles. The molecular formula is C18H19NO4S2. The number of furan rings is 1. The summed E-state index contributed by atoms with van der Waals surface area (Å²) in [7, 11) is -2.11. The quantitative estimate of drug-likeness (QED) is 0.623. The summed E-state index contributed by atoms with van der Waals surface area (Å²) < 4.78 is 38.3. The van der Waals surface area contributed by atoms with E-state index in [4.69, 9.17) is 9.15 Å². The van der Waals surface area contributed by atoms with Crippen molar-refractivity contribution in [1.82, 2.24) is 4.31 Å². The first-order valence-corrected chi connectivity index (χ1v) is 10.0. The number of hydrogen-bond acceptors (Lipinski definition) is 5. The lowest BCUT2D eigenvalue weighted by Gasteiger charge is -2.22. The fourth-order valence-electron chi connectivity index (χ4n) is 2.57. The Morgan fingerprint density at radius 2 is 2.04 bits per heavy atom. The molecule has 25 heavy (non-hydrogen) atoms. The SMILES string of the molecule is COc1ccc(S(=O)(=O)N(Cc2ccoc2)Cc2cccs2)c(C)c1. The van der Waals surface area contributed by atoms with Crippen molar-refractivity contribution < 1.29 is 17.6 Å². The standard InChI is InChI=1S/C18H19NO4S2/c1-14-10-16(22-2)5-6-18(14)25(20,21)19(11-15-7-8-23-13-15)12-17-4-3-9-24-17/h3-10,13H,11-12H2,1-2H3. The highest BCUT2D eigenvalue weighted by atomic mass is 32.2. The Hall–Kier alpha value is -2.09. The van der Waals surface area contributed by atoms with E-state index in [2.05, 4.69) is 0 Å². The van der Waals surface area contributed by atoms with Crippen molar-refractivity contribution in [2.75, 3.05) is 7.11 Å². The maximum Gasteiger partial charge on any atom is 0.243 e. The van der Waals surface area contributed by atoms with Gasteiger partial charge in [-0.2, -0.15) is 4.31 Å². The van der Waals surface area contributed by atoms with Crippen LogP contribution >= 0.6 is 11.3 Å². The maximum absolute atomic E-state index is 13.3. The summed E-state index contributed by atoms with van der Waals surface area (Å²) in [6.07, 6.45) is 3.11. The van der Waals surface area contributed by atoms with Gasteiger partial charge in [0.1, 0.15) is 5.75 Å². The summed E-state index contributed by atoms with van der Waals surface area (Å²) in [5.41, 5.74) is 1.47. The predicted molar refractivity (Wildman–Crippen MR) is 97.2 cm³/mol. The van der Waals surface area contributed by atoms with E-state index >= 15 is 0 Å². The van der Waals surface area contributed by atoms with Crippen LogP contribution in [0.2, 0.25) is 0 Å². The minimum Gasteiger partial charge on any atom is -0.497 e. The van der Waals surface area contributed by atoms with E-state index in [1.165, 1.54) is 15.6 Å². The molecule has 7 heteroatoms. The zero-order chi connectivity index (χ0) is 17.9. The topological polar surface area (TPSA) is 59.8 Å². The van der Waals surface area contributed by atoms with Gasteiger partial charge in [-0.25, -0.2) is 8.42 Å². The van der Waals surface area contributed by atoms with Crippen molar-refractivity contribution in [3.05, 3.63) is 70.3 Å². The highest BCUT2D eigenvalue weighted by Crippen LogP contribution is 2.27. The predicted octanol–water partition coefficient (Wildman–Crippen LogP) is 4.05. The Balaban J connectivity index is 1.98. The van der Waals surface area contributed by atoms with Gasteiger partial charge in [-0.1, -0.05) is 6.07 Å². The summed E-state index contributed by atoms with van der Waals surface area (Å²) in [4.78, 5) is 1.27. The molecule has 0 atom stereocenters. The molecule has 0 fully saturated rings. The molecule has 2 heterocycles. The summed E-state index contributed by atoms with van der Waals surface area (Å²) >= 11 is 1.54. The molecule has 0 N–H and O–H groups in total. The number of aryl methyl sites for hydroxylation is 1. The third-order valence-electron chi connectivity index (χ3n) is 3.85. The van der Waals surface area contributed by atoms with Gasteiger partial charge in [-0.3, -0.25) is 0 Å². The molecule has 132 valence electrons. The Labute approximate surface area is 151 Å². The van der Waals surface area contributed by atoms with Crippen molar-refractivity contribution in [3.63, 3.8) is 0 Å². The van der Waals surface area contributed by atoms with Crippen LogP contribution < -0.4 is 4.74 Å². The van der Waals surface area contributed by atoms with Crippen molar-refractivity contribution in [2.45, 2.75) is 24.9 Å². The minimum atomic E-state index is -3.67. The molecule has 5 nitrogen and oxygen atoms in total. The highest BCUT2D eigenvalue weighted by Gasteiger charge is 2.27. The number of nitrogens with zero attached hydrogens (tertiary/aromatic N) is 1. The van der Waals surface area contributed by atoms with Crippen LogP contribution in [0.3, 0.4) is 0 Å². The first kappa shape index (κ1) is 17.7. The molecule has 0 aliphatic heterocycles. The van der Waals surface area contributed by atoms with Gasteiger partial charge in [-0.05, 0) is 48.2 Å². The van der Waals surface area contributed by atoms with Crippen LogP contribution in [0.4, 0.5) is 0 Å². The third kappa shape index (κ3) is 3.95. The molecule has 0 aliphatic rings. The lowest BCUT2D eigenvalue weighted by Crippen LogP contribution is -2.30. The highest BCUT2D eigenvalue weighted by molar-refractivity contribution is 7.89. The molecule has 3 rings (SSSR count). The summed E-state index contributed by atoms with van der Waals surface area (Å²) in [5, 5.41) is 1.94. The molecule has 0 unspecified atom stereocenters. The lowest BCUT2D eigenvalue weighted by molar-refractivity contribution is 0.400. The number of sulfonamides is 1. The monoisotopic (exact) mass is 377 g/mol. The molecule has 0 radical (unpaired) electrons. The fraction of sp³-hybridized carbons (Fsp3) is 0.222. The Kier molecular flexibility index (Phi) is 5.27. The Morgan fingerprint density at radius 1 is 1.20 bits per heavy atom. The van der Waals surface area contributed by atoms with Gasteiger partial charge in [0.2, 0.25) is 10.0 Å². The molecule has 0 amide bonds. The minimum absolute atomic E-state index is 0.252. The molecular weight excluding hydrogens is 358 g/mol. The fourth-order valence-corrected chi connectivity index (χ4v) is 4.98. The van der Waals surface area contributed by atoms with Crippen LogP contribution in [0.1, 0.15) is 16.0 Å². The van der Waals surface area contributed by atoms with E-state index in [0.717, 1.165) is 10.4 Å². The summed E-state index contributed by atoms with van der Waals surface area (Å²) in [6, 6.07) is 10.6. The van der Waals surface area contributed by atoms with Crippen LogP contribution in [0, 0.1) is 6.92 Å². The average Bonchev–Trinajstić information content (AvgIpc) is 3.27. The van der Waals surface area contributed by atoms with E-state index in [0.29, 0.717) is 17.9 Å². The Morgan fingerprint density at radius 3 is 2.64 bits per heavy atom. The van der Waals surface area contributed by atoms with Crippen molar-refractivity contribution in [2.24, 2.45) is 0 Å². The van der Waals surface area contributed by atoms with Crippen molar-refractivity contribution in [3.8, 4) is 5.75 Å². The molecule has 0 bridgehead atoms. The van der Waals surface area contributed by atoms with E-state index in [1.54, 1.807) is 50.8 Å². The van der Waals surface area contributed by atoms with E-state index in [9.17, 15) is 8.42 Å². The van der Waals surface area contributed by atoms with Gasteiger partial charge in [0.15, 0.2) is 0 Å². The summed E-state index contributed by atoms with van der Waals surface area (Å²) in [5.74, 6) is 0.635. The van der Waals surface area contributed by atoms with Crippen LogP contribution in [-0.2, 0) is 23.1 Å². The first-order chi connectivity index (χ1) is 12.0. The normalized spacial score (nSPS) is 11.8. The molecule has 1 aromatic carbocycles. The average molecular weight is 377 g/mol. The maximum atomic E-state index is 13.3. The molecule has 0 spiro atoms. The zero-order valence-electron chi connectivity index (χ0n) is 14.0. The van der Waals surface area contributed by atoms with Gasteiger partial charge in [0.05, 0.1) is 24.5 Å². The number of rotatable bonds is 7. The zero-order valence-corrected chi connectivity index (χ0v) is 15.6. The first-order valence-electron chi connectivity index (χ1n) is 7.69. The van der Waals surface area contributed by atoms with E-state index in [1.807, 2.05) is 17.5 Å². The van der Waals surface area contributed by atoms with Crippen LogP contribution in [0.5, 0.6) is 5.75 Å². The number of benzene rings is 1. The van der Waals surface area contributed by atoms with Gasteiger partial charge in [-0.15, -0.1) is 11.3 Å². The Bertz CT molecular complexity index is 880. The number of thiophene rings is 1. The lowest BCUT2D eigenvalue weighted by atomic mass is 10.2. The molecule has 3 aromatic rings. The second kappa shape index (κ2) is 7.43. The number of methoxy groups -OCH3 is 1. The molecule has 0 aliphatic carbocycles. The number of ether oxygens (including phenoxy) is 1. The van der Waals surface area contributed by atoms with Gasteiger partial charge in [0, 0.05) is 23.5 Å². The van der Waals surface area contributed by atoms with Crippen LogP contribution in [-0.4, -0.2) is 19.8 Å². The van der Waals surface area contributed by atoms with Gasteiger partial charge in [0.25, 0.3) is 0 Å². The summed E-state index contributed by atoms with van der Waals surface area (Å²) in [6.45, 7) is 2.34. The molecule has 0 saturated heterocycles. The molecule has 2 aromatic heterocycles. The van der Waals surface area contributed by atoms with Gasteiger partial charge >= 0.3 is 0 Å². The van der Waals surface area contributed by atoms with Crippen molar-refractivity contribution >= 4 is 21.4 Å². The van der Waals surface area contributed by atoms with Crippen LogP contribution in [0.15, 0.2) is 63.6 Å². The van der Waals surface area contributed by atoms with Gasteiger partial charge < -0.3 is 9.15 Å². The third-order valence-corrected chi connectivity index (χ3v) is 6.66. The van der Waals surface area contributed by atoms with Crippen LogP contribution in [0.25, 0.3) is 0 Å².